The second-order valence-corrected chi connectivity index (χ2v) is 9.83. The van der Waals surface area contributed by atoms with Crippen LogP contribution in [0.4, 0.5) is 11.4 Å². The van der Waals surface area contributed by atoms with Crippen molar-refractivity contribution in [3.05, 3.63) is 45.8 Å². The van der Waals surface area contributed by atoms with Crippen molar-refractivity contribution >= 4 is 29.0 Å². The van der Waals surface area contributed by atoms with Crippen molar-refractivity contribution in [2.45, 2.75) is 62.3 Å². The fourth-order valence-corrected chi connectivity index (χ4v) is 5.25. The Morgan fingerprint density at radius 2 is 1.97 bits per heavy atom. The molecule has 1 fully saturated rings. The molecule has 9 heteroatoms. The van der Waals surface area contributed by atoms with E-state index in [0.29, 0.717) is 16.8 Å². The van der Waals surface area contributed by atoms with Crippen LogP contribution in [-0.2, 0) is 10.2 Å². The Kier molecular flexibility index (Phi) is 4.60. The van der Waals surface area contributed by atoms with E-state index in [-0.39, 0.29) is 22.4 Å². The lowest BCUT2D eigenvalue weighted by atomic mass is 9.70. The Hall–Kier alpha value is -2.55. The first kappa shape index (κ1) is 19.8. The lowest BCUT2D eigenvalue weighted by Crippen LogP contribution is -2.32. The van der Waals surface area contributed by atoms with Crippen LogP contribution in [0.2, 0.25) is 0 Å². The van der Waals surface area contributed by atoms with Gasteiger partial charge in [-0.05, 0) is 37.3 Å². The van der Waals surface area contributed by atoms with E-state index in [1.807, 2.05) is 0 Å². The van der Waals surface area contributed by atoms with Crippen molar-refractivity contribution in [1.82, 2.24) is 15.2 Å². The predicted molar refractivity (Wildman–Crippen MR) is 110 cm³/mol. The monoisotopic (exact) mass is 413 g/mol. The molecule has 1 aromatic heterocycles. The summed E-state index contributed by atoms with van der Waals surface area (Å²) in [6, 6.07) is 5.75. The van der Waals surface area contributed by atoms with E-state index < -0.39 is 10.2 Å². The highest BCUT2D eigenvalue weighted by atomic mass is 32.2. The number of nitro groups is 1. The number of amides is 1. The van der Waals surface area contributed by atoms with Crippen LogP contribution in [0.1, 0.15) is 57.8 Å². The predicted octanol–water partition coefficient (Wildman–Crippen LogP) is 4.07. The zero-order chi connectivity index (χ0) is 21.0. The van der Waals surface area contributed by atoms with Gasteiger partial charge in [0.25, 0.3) is 5.69 Å². The third-order valence-corrected chi connectivity index (χ3v) is 7.72. The largest absolute Gasteiger partial charge is 0.325 e. The summed E-state index contributed by atoms with van der Waals surface area (Å²) in [6.45, 7) is 8.59. The number of thioether (sulfide) groups is 1. The zero-order valence-corrected chi connectivity index (χ0v) is 17.6. The number of hydrogen-bond acceptors (Lipinski definition) is 7. The van der Waals surface area contributed by atoms with Crippen molar-refractivity contribution in [2.24, 2.45) is 5.41 Å². The summed E-state index contributed by atoms with van der Waals surface area (Å²) in [5.41, 5.74) is 2.62. The molecule has 8 nitrogen and oxygen atoms in total. The minimum Gasteiger partial charge on any atom is -0.325 e. The van der Waals surface area contributed by atoms with Gasteiger partial charge in [0.1, 0.15) is 0 Å². The number of anilines is 1. The van der Waals surface area contributed by atoms with E-state index in [9.17, 15) is 14.9 Å². The lowest BCUT2D eigenvalue weighted by Gasteiger charge is -2.34. The molecular weight excluding hydrogens is 390 g/mol. The first-order chi connectivity index (χ1) is 13.6. The number of non-ortho nitro benzene ring substituents is 1. The summed E-state index contributed by atoms with van der Waals surface area (Å²) in [5.74, 6) is 0.172. The number of nitro benzene ring substituents is 1. The van der Waals surface area contributed by atoms with Gasteiger partial charge in [-0.3, -0.25) is 14.9 Å². The van der Waals surface area contributed by atoms with Gasteiger partial charge in [-0.15, -0.1) is 5.10 Å². The minimum absolute atomic E-state index is 0.0114. The van der Waals surface area contributed by atoms with Gasteiger partial charge >= 0.3 is 0 Å². The van der Waals surface area contributed by atoms with Crippen molar-refractivity contribution in [2.75, 3.05) is 5.32 Å². The molecule has 2 aliphatic rings. The van der Waals surface area contributed by atoms with E-state index in [0.717, 1.165) is 24.2 Å². The van der Waals surface area contributed by atoms with Crippen molar-refractivity contribution < 1.29 is 9.72 Å². The molecule has 0 spiro atoms. The van der Waals surface area contributed by atoms with Crippen LogP contribution in [0.3, 0.4) is 0 Å². The molecule has 2 aromatic rings. The fraction of sp³-hybridized carbons (Fsp3) is 0.500. The van der Waals surface area contributed by atoms with Gasteiger partial charge < -0.3 is 5.32 Å². The number of rotatable bonds is 5. The molecule has 0 radical (unpaired) electrons. The minimum atomic E-state index is -0.475. The average molecular weight is 414 g/mol. The Bertz CT molecular complexity index is 994. The van der Waals surface area contributed by atoms with E-state index in [1.54, 1.807) is 6.92 Å². The van der Waals surface area contributed by atoms with Crippen LogP contribution in [0.25, 0.3) is 0 Å². The maximum absolute atomic E-state index is 12.5. The van der Waals surface area contributed by atoms with Crippen molar-refractivity contribution in [3.63, 3.8) is 0 Å². The van der Waals surface area contributed by atoms with Gasteiger partial charge in [0.15, 0.2) is 0 Å². The van der Waals surface area contributed by atoms with Gasteiger partial charge in [-0.1, -0.05) is 32.5 Å². The van der Waals surface area contributed by atoms with E-state index >= 15 is 0 Å². The number of nitrogens with zero attached hydrogens (tertiary/aromatic N) is 4. The van der Waals surface area contributed by atoms with Crippen LogP contribution >= 0.6 is 11.8 Å². The van der Waals surface area contributed by atoms with E-state index in [2.05, 4.69) is 36.3 Å². The standard InChI is InChI=1S/C20H23N5O3S/c1-11(17(26)21-12-5-7-13(8-6-12)25(27)28)29-18-22-16-15(23-24-18)14-9-10-20(16,4)19(14,2)3/h5-8,11,14H,9-10H2,1-4H3,(H,21,26)/t11-,14-,20-/m1/s1. The topological polar surface area (TPSA) is 111 Å². The molecule has 0 unspecified atom stereocenters. The molecule has 3 atom stereocenters. The molecular formula is C20H23N5O3S. The first-order valence-electron chi connectivity index (χ1n) is 9.60. The van der Waals surface area contributed by atoms with Crippen LogP contribution in [-0.4, -0.2) is 31.3 Å². The Balaban J connectivity index is 1.46. The molecule has 4 rings (SSSR count). The summed E-state index contributed by atoms with van der Waals surface area (Å²) >= 11 is 1.27. The maximum Gasteiger partial charge on any atom is 0.269 e. The summed E-state index contributed by atoms with van der Waals surface area (Å²) in [7, 11) is 0. The van der Waals surface area contributed by atoms with Crippen LogP contribution in [0, 0.1) is 15.5 Å². The molecule has 1 N–H and O–H groups in total. The Labute approximate surface area is 173 Å². The maximum atomic E-state index is 12.5. The molecule has 0 aliphatic heterocycles. The van der Waals surface area contributed by atoms with E-state index in [1.165, 1.54) is 36.0 Å². The quantitative estimate of drug-likeness (QED) is 0.447. The van der Waals surface area contributed by atoms with Gasteiger partial charge in [0, 0.05) is 29.2 Å². The normalized spacial score (nSPS) is 24.8. The molecule has 1 aromatic carbocycles. The van der Waals surface area contributed by atoms with Gasteiger partial charge in [-0.2, -0.15) is 5.10 Å². The number of nitrogens with one attached hydrogen (secondary N) is 1. The smallest absolute Gasteiger partial charge is 0.269 e. The van der Waals surface area contributed by atoms with Crippen LogP contribution < -0.4 is 5.32 Å². The van der Waals surface area contributed by atoms with E-state index in [4.69, 9.17) is 4.98 Å². The average Bonchev–Trinajstić information content (AvgIpc) is 3.01. The third-order valence-electron chi connectivity index (χ3n) is 6.77. The van der Waals surface area contributed by atoms with Gasteiger partial charge in [-0.25, -0.2) is 4.98 Å². The number of hydrogen-bond donors (Lipinski definition) is 1. The summed E-state index contributed by atoms with van der Waals surface area (Å²) in [6.07, 6.45) is 2.21. The van der Waals surface area contributed by atoms with Crippen LogP contribution in [0.15, 0.2) is 29.4 Å². The third kappa shape index (κ3) is 3.08. The summed E-state index contributed by atoms with van der Waals surface area (Å²) in [5, 5.41) is 22.3. The highest BCUT2D eigenvalue weighted by Crippen LogP contribution is 2.66. The second-order valence-electron chi connectivity index (χ2n) is 8.53. The molecule has 2 aliphatic carbocycles. The second kappa shape index (κ2) is 6.76. The summed E-state index contributed by atoms with van der Waals surface area (Å²) in [4.78, 5) is 27.6. The Morgan fingerprint density at radius 1 is 1.28 bits per heavy atom. The Morgan fingerprint density at radius 3 is 2.62 bits per heavy atom. The molecule has 152 valence electrons. The van der Waals surface area contributed by atoms with Crippen molar-refractivity contribution in [3.8, 4) is 0 Å². The highest BCUT2D eigenvalue weighted by Gasteiger charge is 2.61. The molecule has 1 saturated carbocycles. The lowest BCUT2D eigenvalue weighted by molar-refractivity contribution is -0.384. The highest BCUT2D eigenvalue weighted by molar-refractivity contribution is 8.00. The molecule has 0 saturated heterocycles. The molecule has 1 heterocycles. The van der Waals surface area contributed by atoms with Crippen LogP contribution in [0.5, 0.6) is 0 Å². The van der Waals surface area contributed by atoms with Gasteiger partial charge in [0.2, 0.25) is 11.1 Å². The SMILES string of the molecule is C[C@@H](Sc1nnc2c(n1)[C@@]1(C)CC[C@H]2C1(C)C)C(=O)Nc1ccc([N+](=O)[O-])cc1. The zero-order valence-electron chi connectivity index (χ0n) is 16.8. The number of carbonyl (C=O) groups excluding carboxylic acids is 1. The van der Waals surface area contributed by atoms with Gasteiger partial charge in [0.05, 0.1) is 21.6 Å². The molecule has 29 heavy (non-hydrogen) atoms. The molecule has 2 bridgehead atoms. The number of carbonyl (C=O) groups is 1. The first-order valence-corrected chi connectivity index (χ1v) is 10.5. The molecule has 1 amide bonds. The summed E-state index contributed by atoms with van der Waals surface area (Å²) < 4.78 is 0. The number of benzene rings is 1. The van der Waals surface area contributed by atoms with Crippen molar-refractivity contribution in [1.29, 1.82) is 0 Å². The fourth-order valence-electron chi connectivity index (χ4n) is 4.53. The number of fused-ring (bicyclic) bond motifs is 5. The number of aromatic nitrogens is 3.